The largest absolute Gasteiger partial charge is 0.354 e. The van der Waals surface area contributed by atoms with Gasteiger partial charge in [-0.2, -0.15) is 11.8 Å². The number of hydrazine groups is 1. The van der Waals surface area contributed by atoms with Gasteiger partial charge in [-0.15, -0.1) is 0 Å². The van der Waals surface area contributed by atoms with Crippen LogP contribution in [0, 0.1) is 6.92 Å². The van der Waals surface area contributed by atoms with Crippen LogP contribution in [0.5, 0.6) is 0 Å². The Balaban J connectivity index is 2.41. The van der Waals surface area contributed by atoms with Crippen LogP contribution in [-0.2, 0) is 0 Å². The number of thioether (sulfide) groups is 1. The first-order valence-electron chi connectivity index (χ1n) is 7.18. The Morgan fingerprint density at radius 1 is 1.25 bits per heavy atom. The van der Waals surface area contributed by atoms with Crippen LogP contribution >= 0.6 is 11.8 Å². The van der Waals surface area contributed by atoms with E-state index in [0.717, 1.165) is 36.1 Å². The summed E-state index contributed by atoms with van der Waals surface area (Å²) >= 11 is 2.04. The molecule has 1 aromatic rings. The quantitative estimate of drug-likeness (QED) is 0.660. The summed E-state index contributed by atoms with van der Waals surface area (Å²) in [6.07, 6.45) is 0. The first-order valence-corrected chi connectivity index (χ1v) is 8.12. The number of nitrogens with zero attached hydrogens (tertiary/aromatic N) is 3. The molecule has 2 unspecified atom stereocenters. The zero-order valence-electron chi connectivity index (χ0n) is 13.0. The van der Waals surface area contributed by atoms with E-state index in [-0.39, 0.29) is 5.92 Å². The van der Waals surface area contributed by atoms with Gasteiger partial charge in [0.1, 0.15) is 17.5 Å². The third-order valence-corrected chi connectivity index (χ3v) is 4.74. The van der Waals surface area contributed by atoms with Crippen LogP contribution in [0.2, 0.25) is 0 Å². The summed E-state index contributed by atoms with van der Waals surface area (Å²) < 4.78 is 0. The first-order chi connectivity index (χ1) is 9.42. The molecule has 2 atom stereocenters. The minimum Gasteiger partial charge on any atom is -0.354 e. The SMILES string of the molecule is Cc1c(NN)nc(C(C)C)nc1N1CC(C)SC(C)C1. The summed E-state index contributed by atoms with van der Waals surface area (Å²) in [5.74, 6) is 8.50. The number of aromatic nitrogens is 2. The minimum atomic E-state index is 0.287. The van der Waals surface area contributed by atoms with Crippen LogP contribution in [-0.4, -0.2) is 33.6 Å². The number of hydrogen-bond acceptors (Lipinski definition) is 6. The Kier molecular flexibility index (Phi) is 4.75. The van der Waals surface area contributed by atoms with E-state index in [1.807, 2.05) is 18.7 Å². The second-order valence-electron chi connectivity index (χ2n) is 5.84. The van der Waals surface area contributed by atoms with Gasteiger partial charge >= 0.3 is 0 Å². The molecule has 20 heavy (non-hydrogen) atoms. The lowest BCUT2D eigenvalue weighted by molar-refractivity contribution is 0.699. The molecule has 5 nitrogen and oxygen atoms in total. The fraction of sp³-hybridized carbons (Fsp3) is 0.714. The van der Waals surface area contributed by atoms with Gasteiger partial charge in [0.25, 0.3) is 0 Å². The summed E-state index contributed by atoms with van der Waals surface area (Å²) in [5.41, 5.74) is 3.74. The predicted molar refractivity (Wildman–Crippen MR) is 87.4 cm³/mol. The molecule has 0 saturated carbocycles. The second-order valence-corrected chi connectivity index (χ2v) is 7.72. The van der Waals surface area contributed by atoms with E-state index in [0.29, 0.717) is 10.5 Å². The van der Waals surface area contributed by atoms with Crippen molar-refractivity contribution in [1.82, 2.24) is 9.97 Å². The monoisotopic (exact) mass is 295 g/mol. The Bertz CT molecular complexity index is 467. The van der Waals surface area contributed by atoms with Gasteiger partial charge in [-0.25, -0.2) is 15.8 Å². The molecule has 0 aromatic carbocycles. The smallest absolute Gasteiger partial charge is 0.148 e. The highest BCUT2D eigenvalue weighted by atomic mass is 32.2. The molecule has 1 aliphatic rings. The van der Waals surface area contributed by atoms with Crippen LogP contribution in [0.1, 0.15) is 45.0 Å². The van der Waals surface area contributed by atoms with E-state index < -0.39 is 0 Å². The van der Waals surface area contributed by atoms with Crippen molar-refractivity contribution in [2.24, 2.45) is 5.84 Å². The Labute approximate surface area is 125 Å². The molecule has 1 fully saturated rings. The van der Waals surface area contributed by atoms with Crippen molar-refractivity contribution in [2.75, 3.05) is 23.4 Å². The molecular weight excluding hydrogens is 270 g/mol. The van der Waals surface area contributed by atoms with Gasteiger partial charge in [-0.3, -0.25) is 0 Å². The molecule has 0 radical (unpaired) electrons. The summed E-state index contributed by atoms with van der Waals surface area (Å²) in [6, 6.07) is 0. The van der Waals surface area contributed by atoms with Gasteiger partial charge in [-0.1, -0.05) is 27.7 Å². The number of hydrogen-bond donors (Lipinski definition) is 2. The highest BCUT2D eigenvalue weighted by Crippen LogP contribution is 2.31. The van der Waals surface area contributed by atoms with Crippen LogP contribution < -0.4 is 16.2 Å². The fourth-order valence-corrected chi connectivity index (χ4v) is 3.90. The fourth-order valence-electron chi connectivity index (χ4n) is 2.58. The first kappa shape index (κ1) is 15.4. The van der Waals surface area contributed by atoms with Crippen LogP contribution in [0.3, 0.4) is 0 Å². The number of nitrogen functional groups attached to an aromatic ring is 1. The van der Waals surface area contributed by atoms with E-state index in [2.05, 4.69) is 43.0 Å². The van der Waals surface area contributed by atoms with Crippen molar-refractivity contribution in [3.63, 3.8) is 0 Å². The molecule has 2 heterocycles. The maximum atomic E-state index is 5.61. The lowest BCUT2D eigenvalue weighted by atomic mass is 10.2. The van der Waals surface area contributed by atoms with Crippen molar-refractivity contribution in [3.8, 4) is 0 Å². The van der Waals surface area contributed by atoms with Crippen LogP contribution in [0.15, 0.2) is 0 Å². The molecule has 3 N–H and O–H groups in total. The second kappa shape index (κ2) is 6.18. The highest BCUT2D eigenvalue weighted by Gasteiger charge is 2.26. The van der Waals surface area contributed by atoms with E-state index in [1.165, 1.54) is 0 Å². The molecule has 112 valence electrons. The van der Waals surface area contributed by atoms with Crippen LogP contribution in [0.4, 0.5) is 11.6 Å². The molecule has 1 saturated heterocycles. The van der Waals surface area contributed by atoms with Crippen molar-refractivity contribution in [3.05, 3.63) is 11.4 Å². The summed E-state index contributed by atoms with van der Waals surface area (Å²) in [5, 5.41) is 1.23. The lowest BCUT2D eigenvalue weighted by Gasteiger charge is -2.36. The molecule has 1 aliphatic heterocycles. The molecule has 2 rings (SSSR count). The van der Waals surface area contributed by atoms with Crippen molar-refractivity contribution >= 4 is 23.4 Å². The van der Waals surface area contributed by atoms with E-state index in [1.54, 1.807) is 0 Å². The topological polar surface area (TPSA) is 67.1 Å². The summed E-state index contributed by atoms with van der Waals surface area (Å²) in [7, 11) is 0. The minimum absolute atomic E-state index is 0.287. The number of anilines is 2. The lowest BCUT2D eigenvalue weighted by Crippen LogP contribution is -2.41. The number of rotatable bonds is 3. The molecular formula is C14H25N5S. The van der Waals surface area contributed by atoms with Crippen molar-refractivity contribution in [1.29, 1.82) is 0 Å². The van der Waals surface area contributed by atoms with Crippen molar-refractivity contribution < 1.29 is 0 Å². The van der Waals surface area contributed by atoms with Crippen molar-refractivity contribution in [2.45, 2.75) is 51.0 Å². The normalized spacial score (nSPS) is 23.2. The summed E-state index contributed by atoms with van der Waals surface area (Å²) in [6.45, 7) is 12.8. The van der Waals surface area contributed by atoms with E-state index in [9.17, 15) is 0 Å². The zero-order chi connectivity index (χ0) is 14.9. The molecule has 0 aliphatic carbocycles. The van der Waals surface area contributed by atoms with Crippen LogP contribution in [0.25, 0.3) is 0 Å². The van der Waals surface area contributed by atoms with Gasteiger partial charge in [0, 0.05) is 35.1 Å². The molecule has 0 amide bonds. The third-order valence-electron chi connectivity index (χ3n) is 3.51. The standard InChI is InChI=1S/C14H25N5S/c1-8(2)12-16-13(18-15)11(5)14(17-12)19-6-9(3)20-10(4)7-19/h8-10H,6-7,15H2,1-5H3,(H,16,17,18). The molecule has 6 heteroatoms. The molecule has 0 spiro atoms. The predicted octanol–water partition coefficient (Wildman–Crippen LogP) is 2.52. The van der Waals surface area contributed by atoms with Gasteiger partial charge in [-0.05, 0) is 6.92 Å². The van der Waals surface area contributed by atoms with Gasteiger partial charge < -0.3 is 10.3 Å². The maximum Gasteiger partial charge on any atom is 0.148 e. The Morgan fingerprint density at radius 3 is 2.35 bits per heavy atom. The van der Waals surface area contributed by atoms with Gasteiger partial charge in [0.15, 0.2) is 0 Å². The highest BCUT2D eigenvalue weighted by molar-refractivity contribution is 8.00. The molecule has 1 aromatic heterocycles. The number of nitrogens with two attached hydrogens (primary N) is 1. The maximum absolute atomic E-state index is 5.61. The summed E-state index contributed by atoms with van der Waals surface area (Å²) in [4.78, 5) is 11.7. The Hall–Kier alpha value is -1.01. The number of nitrogens with one attached hydrogen (secondary N) is 1. The van der Waals surface area contributed by atoms with E-state index in [4.69, 9.17) is 10.8 Å². The third kappa shape index (κ3) is 3.17. The molecule has 0 bridgehead atoms. The average molecular weight is 295 g/mol. The zero-order valence-corrected chi connectivity index (χ0v) is 13.8. The average Bonchev–Trinajstić information content (AvgIpc) is 2.37. The van der Waals surface area contributed by atoms with E-state index >= 15 is 0 Å². The van der Waals surface area contributed by atoms with Gasteiger partial charge in [0.05, 0.1) is 0 Å². The van der Waals surface area contributed by atoms with Gasteiger partial charge in [0.2, 0.25) is 0 Å². The Morgan fingerprint density at radius 2 is 1.85 bits per heavy atom.